The van der Waals surface area contributed by atoms with Crippen LogP contribution in [0.15, 0.2) is 5.38 Å². The first-order valence-corrected chi connectivity index (χ1v) is 8.12. The number of hydrogen-bond acceptors (Lipinski definition) is 4. The number of hydrogen-bond donors (Lipinski definition) is 1. The Morgan fingerprint density at radius 3 is 2.76 bits per heavy atom. The van der Waals surface area contributed by atoms with Gasteiger partial charge in [0, 0.05) is 43.8 Å². The second-order valence-electron chi connectivity index (χ2n) is 6.59. The van der Waals surface area contributed by atoms with E-state index in [0.29, 0.717) is 19.5 Å². The van der Waals surface area contributed by atoms with Gasteiger partial charge in [0.15, 0.2) is 0 Å². The summed E-state index contributed by atoms with van der Waals surface area (Å²) in [6.07, 6.45) is 1.07. The lowest BCUT2D eigenvalue weighted by Crippen LogP contribution is -2.33. The first kappa shape index (κ1) is 15.9. The van der Waals surface area contributed by atoms with Crippen molar-refractivity contribution in [2.45, 2.75) is 39.0 Å². The molecule has 5 nitrogen and oxygen atoms in total. The fourth-order valence-corrected chi connectivity index (χ4v) is 3.27. The van der Waals surface area contributed by atoms with Gasteiger partial charge in [0.1, 0.15) is 0 Å². The second kappa shape index (κ2) is 6.13. The topological polar surface area (TPSA) is 62.3 Å². The van der Waals surface area contributed by atoms with Gasteiger partial charge in [-0.25, -0.2) is 4.98 Å². The van der Waals surface area contributed by atoms with Gasteiger partial charge in [-0.3, -0.25) is 9.59 Å². The Morgan fingerprint density at radius 1 is 1.52 bits per heavy atom. The quantitative estimate of drug-likeness (QED) is 0.918. The molecule has 1 aliphatic heterocycles. The number of rotatable bonds is 4. The molecular formula is C15H23N3O2S. The molecule has 1 aliphatic rings. The first-order valence-electron chi connectivity index (χ1n) is 7.24. The van der Waals surface area contributed by atoms with Gasteiger partial charge in [0.05, 0.1) is 16.6 Å². The number of carbonyl (C=O) groups is 2. The molecule has 1 aromatic heterocycles. The SMILES string of the molecule is CN1CC(C(=O)NCCc2nc(C(C)(C)C)cs2)CC1=O. The number of amides is 2. The van der Waals surface area contributed by atoms with Crippen molar-refractivity contribution in [1.29, 1.82) is 0 Å². The molecule has 0 aromatic carbocycles. The molecule has 1 unspecified atom stereocenters. The van der Waals surface area contributed by atoms with E-state index in [1.165, 1.54) is 0 Å². The number of likely N-dealkylation sites (tertiary alicyclic amines) is 1. The van der Waals surface area contributed by atoms with Crippen LogP contribution >= 0.6 is 11.3 Å². The molecule has 6 heteroatoms. The van der Waals surface area contributed by atoms with E-state index >= 15 is 0 Å². The van der Waals surface area contributed by atoms with Crippen LogP contribution in [0, 0.1) is 5.92 Å². The van der Waals surface area contributed by atoms with Crippen LogP contribution in [-0.4, -0.2) is 41.8 Å². The van der Waals surface area contributed by atoms with Crippen LogP contribution in [0.5, 0.6) is 0 Å². The summed E-state index contributed by atoms with van der Waals surface area (Å²) in [5, 5.41) is 6.04. The summed E-state index contributed by atoms with van der Waals surface area (Å²) in [5.41, 5.74) is 1.16. The Kier molecular flexibility index (Phi) is 4.66. The molecule has 1 saturated heterocycles. The zero-order valence-corrected chi connectivity index (χ0v) is 13.9. The van der Waals surface area contributed by atoms with E-state index in [4.69, 9.17) is 0 Å². The van der Waals surface area contributed by atoms with Crippen molar-refractivity contribution in [3.8, 4) is 0 Å². The van der Waals surface area contributed by atoms with Gasteiger partial charge in [-0.15, -0.1) is 11.3 Å². The van der Waals surface area contributed by atoms with Crippen molar-refractivity contribution >= 4 is 23.2 Å². The molecule has 1 aromatic rings. The van der Waals surface area contributed by atoms with Gasteiger partial charge in [-0.05, 0) is 0 Å². The first-order chi connectivity index (χ1) is 9.77. The fourth-order valence-electron chi connectivity index (χ4n) is 2.25. The van der Waals surface area contributed by atoms with Crippen LogP contribution in [-0.2, 0) is 21.4 Å². The third-order valence-corrected chi connectivity index (χ3v) is 4.58. The van der Waals surface area contributed by atoms with Crippen molar-refractivity contribution in [3.63, 3.8) is 0 Å². The predicted molar refractivity (Wildman–Crippen MR) is 83.3 cm³/mol. The number of carbonyl (C=O) groups excluding carboxylic acids is 2. The molecule has 1 atom stereocenters. The van der Waals surface area contributed by atoms with E-state index in [1.807, 2.05) is 0 Å². The average Bonchev–Trinajstić information content (AvgIpc) is 2.97. The molecule has 2 rings (SSSR count). The highest BCUT2D eigenvalue weighted by Gasteiger charge is 2.31. The summed E-state index contributed by atoms with van der Waals surface area (Å²) in [7, 11) is 1.74. The van der Waals surface area contributed by atoms with E-state index in [9.17, 15) is 9.59 Å². The van der Waals surface area contributed by atoms with E-state index in [2.05, 4.69) is 36.5 Å². The molecule has 21 heavy (non-hydrogen) atoms. The maximum atomic E-state index is 12.0. The molecule has 0 radical (unpaired) electrons. The van der Waals surface area contributed by atoms with Gasteiger partial charge >= 0.3 is 0 Å². The lowest BCUT2D eigenvalue weighted by Gasteiger charge is -2.14. The number of nitrogens with zero attached hydrogens (tertiary/aromatic N) is 2. The van der Waals surface area contributed by atoms with Gasteiger partial charge in [-0.2, -0.15) is 0 Å². The third-order valence-electron chi connectivity index (χ3n) is 3.67. The molecule has 1 fully saturated rings. The molecule has 1 N–H and O–H groups in total. The number of aromatic nitrogens is 1. The van der Waals surface area contributed by atoms with Gasteiger partial charge in [-0.1, -0.05) is 20.8 Å². The lowest BCUT2D eigenvalue weighted by atomic mass is 9.93. The summed E-state index contributed by atoms with van der Waals surface area (Å²) in [4.78, 5) is 29.6. The van der Waals surface area contributed by atoms with Crippen molar-refractivity contribution < 1.29 is 9.59 Å². The summed E-state index contributed by atoms with van der Waals surface area (Å²) >= 11 is 1.64. The van der Waals surface area contributed by atoms with E-state index in [1.54, 1.807) is 23.3 Å². The molecule has 0 saturated carbocycles. The smallest absolute Gasteiger partial charge is 0.225 e. The molecule has 0 spiro atoms. The molecule has 0 aliphatic carbocycles. The van der Waals surface area contributed by atoms with Gasteiger partial charge in [0.25, 0.3) is 0 Å². The maximum absolute atomic E-state index is 12.0. The molecule has 2 heterocycles. The van der Waals surface area contributed by atoms with Crippen LogP contribution in [0.2, 0.25) is 0 Å². The predicted octanol–water partition coefficient (Wildman–Crippen LogP) is 1.58. The zero-order valence-electron chi connectivity index (χ0n) is 13.1. The van der Waals surface area contributed by atoms with Crippen LogP contribution in [0.25, 0.3) is 0 Å². The highest BCUT2D eigenvalue weighted by atomic mass is 32.1. The summed E-state index contributed by atoms with van der Waals surface area (Å²) in [6, 6.07) is 0. The molecule has 116 valence electrons. The second-order valence-corrected chi connectivity index (χ2v) is 7.54. The van der Waals surface area contributed by atoms with Crippen LogP contribution in [0.1, 0.15) is 37.9 Å². The lowest BCUT2D eigenvalue weighted by molar-refractivity contribution is -0.128. The molecular weight excluding hydrogens is 286 g/mol. The maximum Gasteiger partial charge on any atom is 0.225 e. The number of thiazole rings is 1. The Bertz CT molecular complexity index is 533. The standard InChI is InChI=1S/C15H23N3O2S/c1-15(2,3)11-9-21-12(17-11)5-6-16-14(20)10-7-13(19)18(4)8-10/h9-10H,5-8H2,1-4H3,(H,16,20). The monoisotopic (exact) mass is 309 g/mol. The molecule has 0 bridgehead atoms. The van der Waals surface area contributed by atoms with Crippen molar-refractivity contribution in [1.82, 2.24) is 15.2 Å². The van der Waals surface area contributed by atoms with E-state index in [-0.39, 0.29) is 23.1 Å². The Hall–Kier alpha value is -1.43. The van der Waals surface area contributed by atoms with Crippen LogP contribution < -0.4 is 5.32 Å². The normalized spacial score (nSPS) is 19.1. The van der Waals surface area contributed by atoms with Crippen molar-refractivity contribution in [3.05, 3.63) is 16.1 Å². The van der Waals surface area contributed by atoms with E-state index < -0.39 is 0 Å². The summed E-state index contributed by atoms with van der Waals surface area (Å²) < 4.78 is 0. The largest absolute Gasteiger partial charge is 0.355 e. The minimum absolute atomic E-state index is 0.0275. The summed E-state index contributed by atoms with van der Waals surface area (Å²) in [6.45, 7) is 7.52. The van der Waals surface area contributed by atoms with Crippen LogP contribution in [0.3, 0.4) is 0 Å². The highest BCUT2D eigenvalue weighted by molar-refractivity contribution is 7.09. The zero-order chi connectivity index (χ0) is 15.6. The Labute approximate surface area is 129 Å². The average molecular weight is 309 g/mol. The van der Waals surface area contributed by atoms with Crippen molar-refractivity contribution in [2.24, 2.45) is 5.92 Å². The van der Waals surface area contributed by atoms with Crippen LogP contribution in [0.4, 0.5) is 0 Å². The Morgan fingerprint density at radius 2 is 2.24 bits per heavy atom. The Balaban J connectivity index is 1.78. The minimum Gasteiger partial charge on any atom is -0.355 e. The van der Waals surface area contributed by atoms with E-state index in [0.717, 1.165) is 17.1 Å². The molecule has 2 amide bonds. The number of nitrogens with one attached hydrogen (secondary N) is 1. The fraction of sp³-hybridized carbons (Fsp3) is 0.667. The highest BCUT2D eigenvalue weighted by Crippen LogP contribution is 2.24. The van der Waals surface area contributed by atoms with Crippen molar-refractivity contribution in [2.75, 3.05) is 20.1 Å². The van der Waals surface area contributed by atoms with Gasteiger partial charge in [0.2, 0.25) is 11.8 Å². The third kappa shape index (κ3) is 4.03. The van der Waals surface area contributed by atoms with Gasteiger partial charge < -0.3 is 10.2 Å². The summed E-state index contributed by atoms with van der Waals surface area (Å²) in [5.74, 6) is -0.186. The minimum atomic E-state index is -0.205.